The van der Waals surface area contributed by atoms with Gasteiger partial charge in [-0.25, -0.2) is 0 Å². The number of hydrogen-bond donors (Lipinski definition) is 3. The third-order valence-corrected chi connectivity index (χ3v) is 3.04. The predicted octanol–water partition coefficient (Wildman–Crippen LogP) is 0.0275. The first-order valence-corrected chi connectivity index (χ1v) is 5.00. The van der Waals surface area contributed by atoms with Gasteiger partial charge in [0.05, 0.1) is 0 Å². The summed E-state index contributed by atoms with van der Waals surface area (Å²) in [6.07, 6.45) is 7.52. The average molecular weight is 195 g/mol. The lowest BCUT2D eigenvalue weighted by Crippen LogP contribution is -2.62. The molecule has 0 amide bonds. The fraction of sp³-hybridized carbons (Fsp3) is 0.600. The number of ether oxygens (including phenoxy) is 1. The van der Waals surface area contributed by atoms with Gasteiger partial charge >= 0.3 is 0 Å². The summed E-state index contributed by atoms with van der Waals surface area (Å²) in [7, 11) is 0. The van der Waals surface area contributed by atoms with E-state index in [9.17, 15) is 0 Å². The van der Waals surface area contributed by atoms with E-state index in [0.29, 0.717) is 11.6 Å². The van der Waals surface area contributed by atoms with Crippen LogP contribution in [-0.4, -0.2) is 18.9 Å². The van der Waals surface area contributed by atoms with Gasteiger partial charge in [0.15, 0.2) is 0 Å². The first-order chi connectivity index (χ1) is 6.73. The van der Waals surface area contributed by atoms with E-state index in [0.717, 1.165) is 26.1 Å². The summed E-state index contributed by atoms with van der Waals surface area (Å²) in [6, 6.07) is 0. The largest absolute Gasteiger partial charge is 0.399 e. The van der Waals surface area contributed by atoms with E-state index in [-0.39, 0.29) is 0 Å². The number of nitrogens with two attached hydrogens (primary N) is 2. The molecule has 0 bridgehead atoms. The van der Waals surface area contributed by atoms with Crippen molar-refractivity contribution in [3.63, 3.8) is 0 Å². The molecule has 2 aliphatic rings. The highest BCUT2D eigenvalue weighted by Crippen LogP contribution is 2.28. The molecule has 0 aromatic carbocycles. The van der Waals surface area contributed by atoms with E-state index in [2.05, 4.69) is 5.32 Å². The van der Waals surface area contributed by atoms with E-state index >= 15 is 0 Å². The van der Waals surface area contributed by atoms with Crippen molar-refractivity contribution in [2.45, 2.75) is 18.5 Å². The molecular weight excluding hydrogens is 178 g/mol. The Morgan fingerprint density at radius 1 is 1.43 bits per heavy atom. The van der Waals surface area contributed by atoms with Gasteiger partial charge < -0.3 is 21.5 Å². The second-order valence-corrected chi connectivity index (χ2v) is 3.88. The third-order valence-electron chi connectivity index (χ3n) is 3.04. The molecular formula is C10H17N3O. The topological polar surface area (TPSA) is 73.3 Å². The molecule has 1 fully saturated rings. The second-order valence-electron chi connectivity index (χ2n) is 3.88. The maximum Gasteiger partial charge on any atom is 0.129 e. The Kier molecular flexibility index (Phi) is 2.48. The molecule has 4 heteroatoms. The first-order valence-electron chi connectivity index (χ1n) is 5.00. The summed E-state index contributed by atoms with van der Waals surface area (Å²) in [6.45, 7) is 1.56. The molecule has 0 aliphatic carbocycles. The molecule has 2 rings (SSSR count). The molecule has 2 heterocycles. The quantitative estimate of drug-likeness (QED) is 0.552. The molecule has 1 unspecified atom stereocenters. The van der Waals surface area contributed by atoms with Crippen molar-refractivity contribution in [2.75, 3.05) is 13.2 Å². The normalized spacial score (nSPS) is 33.6. The fourth-order valence-electron chi connectivity index (χ4n) is 2.07. The minimum atomic E-state index is -0.571. The van der Waals surface area contributed by atoms with Crippen LogP contribution in [0.2, 0.25) is 0 Å². The van der Waals surface area contributed by atoms with Crippen LogP contribution in [0.15, 0.2) is 24.0 Å². The number of nitrogens with one attached hydrogen (secondary N) is 1. The van der Waals surface area contributed by atoms with Crippen molar-refractivity contribution in [3.8, 4) is 0 Å². The highest BCUT2D eigenvalue weighted by Gasteiger charge is 2.38. The van der Waals surface area contributed by atoms with Crippen LogP contribution in [-0.2, 0) is 4.74 Å². The van der Waals surface area contributed by atoms with Crippen LogP contribution in [0, 0.1) is 5.92 Å². The van der Waals surface area contributed by atoms with E-state index in [4.69, 9.17) is 16.2 Å². The van der Waals surface area contributed by atoms with Crippen molar-refractivity contribution in [1.82, 2.24) is 5.32 Å². The molecule has 78 valence electrons. The van der Waals surface area contributed by atoms with Gasteiger partial charge in [-0.15, -0.1) is 0 Å². The van der Waals surface area contributed by atoms with Gasteiger partial charge in [-0.05, 0) is 31.2 Å². The maximum atomic E-state index is 6.27. The van der Waals surface area contributed by atoms with E-state index < -0.39 is 5.66 Å². The number of allylic oxidation sites excluding steroid dienone is 2. The average Bonchev–Trinajstić information content (AvgIpc) is 2.24. The molecule has 0 aromatic heterocycles. The van der Waals surface area contributed by atoms with Crippen LogP contribution < -0.4 is 16.8 Å². The van der Waals surface area contributed by atoms with Crippen LogP contribution in [0.5, 0.6) is 0 Å². The monoisotopic (exact) mass is 195 g/mol. The van der Waals surface area contributed by atoms with Crippen molar-refractivity contribution in [2.24, 2.45) is 17.4 Å². The lowest BCUT2D eigenvalue weighted by Gasteiger charge is -2.41. The fourth-order valence-corrected chi connectivity index (χ4v) is 2.07. The highest BCUT2D eigenvalue weighted by molar-refractivity contribution is 5.27. The van der Waals surface area contributed by atoms with Crippen LogP contribution >= 0.6 is 0 Å². The van der Waals surface area contributed by atoms with Gasteiger partial charge in [0.1, 0.15) is 5.66 Å². The SMILES string of the molecule is NC1=CC=CNC1(N)C1CCOCC1. The van der Waals surface area contributed by atoms with Crippen LogP contribution in [0.4, 0.5) is 0 Å². The van der Waals surface area contributed by atoms with E-state index in [1.165, 1.54) is 0 Å². The zero-order chi connectivity index (χ0) is 10.0. The molecule has 0 radical (unpaired) electrons. The van der Waals surface area contributed by atoms with Gasteiger partial charge in [0.25, 0.3) is 0 Å². The second kappa shape index (κ2) is 3.63. The van der Waals surface area contributed by atoms with Gasteiger partial charge in [0, 0.05) is 24.8 Å². The molecule has 4 nitrogen and oxygen atoms in total. The van der Waals surface area contributed by atoms with Crippen LogP contribution in [0.3, 0.4) is 0 Å². The number of rotatable bonds is 1. The van der Waals surface area contributed by atoms with E-state index in [1.54, 1.807) is 0 Å². The smallest absolute Gasteiger partial charge is 0.129 e. The van der Waals surface area contributed by atoms with Crippen molar-refractivity contribution < 1.29 is 4.74 Å². The lowest BCUT2D eigenvalue weighted by atomic mass is 9.83. The zero-order valence-electron chi connectivity index (χ0n) is 8.20. The van der Waals surface area contributed by atoms with Crippen molar-refractivity contribution >= 4 is 0 Å². The zero-order valence-corrected chi connectivity index (χ0v) is 8.20. The third kappa shape index (κ3) is 1.51. The molecule has 1 saturated heterocycles. The Hall–Kier alpha value is -1.00. The number of dihydropyridines is 1. The molecule has 0 aromatic rings. The molecule has 5 N–H and O–H groups in total. The van der Waals surface area contributed by atoms with Gasteiger partial charge in [-0.1, -0.05) is 0 Å². The summed E-state index contributed by atoms with van der Waals surface area (Å²) < 4.78 is 5.31. The van der Waals surface area contributed by atoms with Crippen molar-refractivity contribution in [3.05, 3.63) is 24.0 Å². The lowest BCUT2D eigenvalue weighted by molar-refractivity contribution is 0.0406. The van der Waals surface area contributed by atoms with Crippen LogP contribution in [0.1, 0.15) is 12.8 Å². The Bertz CT molecular complexity index is 269. The minimum Gasteiger partial charge on any atom is -0.399 e. The highest BCUT2D eigenvalue weighted by atomic mass is 16.5. The Morgan fingerprint density at radius 3 is 2.79 bits per heavy atom. The Labute approximate surface area is 84.0 Å². The predicted molar refractivity (Wildman–Crippen MR) is 55.0 cm³/mol. The summed E-state index contributed by atoms with van der Waals surface area (Å²) in [5.74, 6) is 0.359. The Balaban J connectivity index is 2.14. The molecule has 0 spiro atoms. The molecule has 2 aliphatic heterocycles. The summed E-state index contributed by atoms with van der Waals surface area (Å²) in [5, 5.41) is 3.16. The molecule has 14 heavy (non-hydrogen) atoms. The van der Waals surface area contributed by atoms with Gasteiger partial charge in [0.2, 0.25) is 0 Å². The standard InChI is InChI=1S/C10H17N3O/c11-9-2-1-5-13-10(9,12)8-3-6-14-7-4-8/h1-2,5,8,13H,3-4,6-7,11-12H2. The number of hydrogen-bond acceptors (Lipinski definition) is 4. The summed E-state index contributed by atoms with van der Waals surface area (Å²) in [5.41, 5.74) is 12.3. The molecule has 0 saturated carbocycles. The summed E-state index contributed by atoms with van der Waals surface area (Å²) >= 11 is 0. The van der Waals surface area contributed by atoms with Gasteiger partial charge in [-0.3, -0.25) is 0 Å². The Morgan fingerprint density at radius 2 is 2.14 bits per heavy atom. The van der Waals surface area contributed by atoms with Crippen LogP contribution in [0.25, 0.3) is 0 Å². The first kappa shape index (κ1) is 9.55. The van der Waals surface area contributed by atoms with Gasteiger partial charge in [-0.2, -0.15) is 0 Å². The minimum absolute atomic E-state index is 0.359. The van der Waals surface area contributed by atoms with E-state index in [1.807, 2.05) is 18.4 Å². The summed E-state index contributed by atoms with van der Waals surface area (Å²) in [4.78, 5) is 0. The van der Waals surface area contributed by atoms with Crippen molar-refractivity contribution in [1.29, 1.82) is 0 Å². The molecule has 1 atom stereocenters. The maximum absolute atomic E-state index is 6.27.